The SMILES string of the molecule is CC#CC#[SiH]. The Bertz CT molecular complexity index is 97.0. The molecule has 0 aromatic rings. The molecule has 0 nitrogen and oxygen atoms in total. The van der Waals surface area contributed by atoms with Crippen molar-refractivity contribution in [1.82, 2.24) is 0 Å². The average Bonchev–Trinajstić information content (AvgIpc) is 1.41. The summed E-state index contributed by atoms with van der Waals surface area (Å²) in [4.78, 5) is 0. The fourth-order valence-electron chi connectivity index (χ4n) is 0.0722. The van der Waals surface area contributed by atoms with Crippen molar-refractivity contribution in [3.8, 4) is 17.3 Å². The predicted molar refractivity (Wildman–Crippen MR) is 24.5 cm³/mol. The van der Waals surface area contributed by atoms with E-state index in [2.05, 4.69) is 27.0 Å². The highest BCUT2D eigenvalue weighted by Gasteiger charge is 1.34. The third-order valence-corrected chi connectivity index (χ3v) is 0.342. The molecule has 0 aliphatic rings. The number of hydrogen-bond acceptors (Lipinski definition) is 0. The maximum atomic E-state index is 2.64. The van der Waals surface area contributed by atoms with Gasteiger partial charge in [0.15, 0.2) is 0 Å². The summed E-state index contributed by atoms with van der Waals surface area (Å²) in [5, 5.41) is 0. The maximum absolute atomic E-state index is 2.64. The van der Waals surface area contributed by atoms with E-state index in [-0.39, 0.29) is 0 Å². The molecule has 0 bridgehead atoms. The Labute approximate surface area is 34.9 Å². The molecule has 0 spiro atoms. The summed E-state index contributed by atoms with van der Waals surface area (Å²) in [6, 6.07) is 0. The van der Waals surface area contributed by atoms with Gasteiger partial charge in [0, 0.05) is 0 Å². The molecule has 5 heavy (non-hydrogen) atoms. The molecular formula is C4H4Si. The highest BCUT2D eigenvalue weighted by atomic mass is 28.1. The van der Waals surface area contributed by atoms with Crippen LogP contribution < -0.4 is 0 Å². The summed E-state index contributed by atoms with van der Waals surface area (Å²) in [5.74, 6) is 5.21. The Hall–Kier alpha value is -0.443. The quantitative estimate of drug-likeness (QED) is 0.281. The molecule has 0 radical (unpaired) electrons. The summed E-state index contributed by atoms with van der Waals surface area (Å²) in [7, 11) is 2.28. The van der Waals surface area contributed by atoms with Gasteiger partial charge in [-0.3, -0.25) is 0 Å². The van der Waals surface area contributed by atoms with Crippen LogP contribution in [-0.2, 0) is 0 Å². The zero-order valence-corrected chi connectivity index (χ0v) is 4.23. The Kier molecular flexibility index (Phi) is 3.24. The number of rotatable bonds is 0. The topological polar surface area (TPSA) is 0 Å². The highest BCUT2D eigenvalue weighted by molar-refractivity contribution is 5.97. The fraction of sp³-hybridized carbons (Fsp3) is 0.250. The van der Waals surface area contributed by atoms with Gasteiger partial charge >= 0.3 is 0 Å². The summed E-state index contributed by atoms with van der Waals surface area (Å²) in [6.45, 7) is 1.77. The van der Waals surface area contributed by atoms with Gasteiger partial charge in [-0.1, -0.05) is 11.4 Å². The van der Waals surface area contributed by atoms with E-state index in [4.69, 9.17) is 0 Å². The first-order valence-electron chi connectivity index (χ1n) is 1.29. The second kappa shape index (κ2) is 3.56. The van der Waals surface area contributed by atoms with Crippen LogP contribution >= 0.6 is 0 Å². The largest absolute Gasteiger partial charge is 0.0932 e. The molecule has 0 N–H and O–H groups in total. The van der Waals surface area contributed by atoms with Crippen molar-refractivity contribution in [3.05, 3.63) is 0 Å². The van der Waals surface area contributed by atoms with Crippen LogP contribution in [0.3, 0.4) is 0 Å². The predicted octanol–water partition coefficient (Wildman–Crippen LogP) is -0.130. The van der Waals surface area contributed by atoms with Gasteiger partial charge in [-0.25, -0.2) is 0 Å². The molecule has 0 saturated carbocycles. The summed E-state index contributed by atoms with van der Waals surface area (Å²) in [6.07, 6.45) is 0. The molecule has 0 aromatic carbocycles. The zero-order valence-electron chi connectivity index (χ0n) is 3.08. The van der Waals surface area contributed by atoms with E-state index >= 15 is 0 Å². The molecule has 1 heteroatoms. The molecule has 0 aliphatic heterocycles. The highest BCUT2D eigenvalue weighted by Crippen LogP contribution is 1.40. The van der Waals surface area contributed by atoms with Crippen molar-refractivity contribution in [2.45, 2.75) is 6.92 Å². The van der Waals surface area contributed by atoms with E-state index in [0.717, 1.165) is 0 Å². The summed E-state index contributed by atoms with van der Waals surface area (Å²) < 4.78 is 0. The Balaban J connectivity index is 3.30. The Morgan fingerprint density at radius 3 is 2.20 bits per heavy atom. The van der Waals surface area contributed by atoms with Crippen LogP contribution in [-0.4, -0.2) is 9.68 Å². The van der Waals surface area contributed by atoms with E-state index < -0.39 is 0 Å². The standard InChI is InChI=1S/C4H4Si/c1-2-3-4-5/h5H,1H3. The molecule has 24 valence electrons. The molecule has 0 saturated heterocycles. The minimum Gasteiger partial charge on any atom is -0.0932 e. The van der Waals surface area contributed by atoms with Crippen LogP contribution in [0.25, 0.3) is 0 Å². The molecule has 0 rings (SSSR count). The van der Waals surface area contributed by atoms with Crippen LogP contribution in [0, 0.1) is 17.3 Å². The van der Waals surface area contributed by atoms with Gasteiger partial charge in [0.25, 0.3) is 0 Å². The van der Waals surface area contributed by atoms with Crippen LogP contribution in [0.1, 0.15) is 6.92 Å². The van der Waals surface area contributed by atoms with Crippen LogP contribution in [0.4, 0.5) is 0 Å². The molecule has 0 atom stereocenters. The van der Waals surface area contributed by atoms with E-state index in [1.165, 1.54) is 0 Å². The van der Waals surface area contributed by atoms with Crippen LogP contribution in [0.15, 0.2) is 0 Å². The molecular weight excluding hydrogens is 76.1 g/mol. The lowest BCUT2D eigenvalue weighted by atomic mass is 10.7. The van der Waals surface area contributed by atoms with Crippen molar-refractivity contribution < 1.29 is 0 Å². The monoisotopic (exact) mass is 80.0 g/mol. The third-order valence-electron chi connectivity index (χ3n) is 0.197. The lowest BCUT2D eigenvalue weighted by molar-refractivity contribution is 1.93. The molecule has 0 aromatic heterocycles. The van der Waals surface area contributed by atoms with Crippen molar-refractivity contribution in [1.29, 1.82) is 0 Å². The van der Waals surface area contributed by atoms with E-state index in [9.17, 15) is 0 Å². The first-order valence-corrected chi connectivity index (χ1v) is 1.87. The average molecular weight is 80.2 g/mol. The summed E-state index contributed by atoms with van der Waals surface area (Å²) in [5.41, 5.74) is 2.57. The van der Waals surface area contributed by atoms with E-state index in [1.54, 1.807) is 6.92 Å². The van der Waals surface area contributed by atoms with Crippen molar-refractivity contribution >= 4 is 9.68 Å². The van der Waals surface area contributed by atoms with Crippen molar-refractivity contribution in [2.75, 3.05) is 0 Å². The second-order valence-corrected chi connectivity index (χ2v) is 0.808. The van der Waals surface area contributed by atoms with Gasteiger partial charge in [0.2, 0.25) is 0 Å². The van der Waals surface area contributed by atoms with Crippen molar-refractivity contribution in [3.63, 3.8) is 0 Å². The van der Waals surface area contributed by atoms with Gasteiger partial charge in [-0.15, -0.1) is 0 Å². The molecule has 0 amide bonds. The minimum absolute atomic E-state index is 1.77. The summed E-state index contributed by atoms with van der Waals surface area (Å²) >= 11 is 0. The van der Waals surface area contributed by atoms with Gasteiger partial charge in [-0.05, 0) is 22.5 Å². The Morgan fingerprint density at radius 2 is 2.20 bits per heavy atom. The van der Waals surface area contributed by atoms with Gasteiger partial charge in [0.1, 0.15) is 0 Å². The fourth-order valence-corrected chi connectivity index (χ4v) is 0.217. The molecule has 0 aliphatic carbocycles. The van der Waals surface area contributed by atoms with E-state index in [0.29, 0.717) is 0 Å². The Morgan fingerprint density at radius 1 is 1.60 bits per heavy atom. The first kappa shape index (κ1) is 4.56. The van der Waals surface area contributed by atoms with Crippen molar-refractivity contribution in [2.24, 2.45) is 0 Å². The van der Waals surface area contributed by atoms with Gasteiger partial charge in [-0.2, -0.15) is 0 Å². The van der Waals surface area contributed by atoms with E-state index in [1.807, 2.05) is 0 Å². The maximum Gasteiger partial charge on any atom is -0.00170 e. The van der Waals surface area contributed by atoms with Gasteiger partial charge in [0.05, 0.1) is 0 Å². The first-order chi connectivity index (χ1) is 2.41. The van der Waals surface area contributed by atoms with Crippen LogP contribution in [0.2, 0.25) is 0 Å². The lowest BCUT2D eigenvalue weighted by Gasteiger charge is -1.43. The molecule has 0 unspecified atom stereocenters. The third kappa shape index (κ3) is 3.56. The normalized spacial score (nSPS) is 3.20. The molecule has 0 heterocycles. The minimum atomic E-state index is 1.77. The zero-order chi connectivity index (χ0) is 4.12. The van der Waals surface area contributed by atoms with Gasteiger partial charge < -0.3 is 0 Å². The lowest BCUT2D eigenvalue weighted by Crippen LogP contribution is -1.39. The second-order valence-electron chi connectivity index (χ2n) is 0.519. The number of hydrogen-bond donors (Lipinski definition) is 0. The van der Waals surface area contributed by atoms with Crippen LogP contribution in [0.5, 0.6) is 0 Å². The molecule has 0 fully saturated rings. The smallest absolute Gasteiger partial charge is 0.00170 e.